The van der Waals surface area contributed by atoms with Crippen molar-refractivity contribution in [3.63, 3.8) is 0 Å². The summed E-state index contributed by atoms with van der Waals surface area (Å²) in [6, 6.07) is 8.49. The van der Waals surface area contributed by atoms with E-state index in [0.717, 1.165) is 15.0 Å². The van der Waals surface area contributed by atoms with Crippen molar-refractivity contribution in [1.82, 2.24) is 24.2 Å². The monoisotopic (exact) mass is 498 g/mol. The second-order valence-corrected chi connectivity index (χ2v) is 8.84. The van der Waals surface area contributed by atoms with Crippen LogP contribution in [0.25, 0.3) is 5.82 Å². The van der Waals surface area contributed by atoms with Gasteiger partial charge in [0.05, 0.1) is 10.6 Å². The third kappa shape index (κ3) is 4.82. The summed E-state index contributed by atoms with van der Waals surface area (Å²) in [6.45, 7) is 4.53. The molecule has 0 saturated carbocycles. The highest BCUT2D eigenvalue weighted by Gasteiger charge is 2.13. The zero-order chi connectivity index (χ0) is 19.4. The Morgan fingerprint density at radius 3 is 2.48 bits per heavy atom. The number of halogens is 1. The molecule has 27 heavy (non-hydrogen) atoms. The summed E-state index contributed by atoms with van der Waals surface area (Å²) in [6.07, 6.45) is 3.17. The van der Waals surface area contributed by atoms with Gasteiger partial charge in [-0.15, -0.1) is 0 Å². The zero-order valence-electron chi connectivity index (χ0n) is 14.8. The molecular weight excluding hydrogens is 479 g/mol. The Morgan fingerprint density at radius 2 is 1.81 bits per heavy atom. The van der Waals surface area contributed by atoms with Crippen molar-refractivity contribution < 1.29 is 8.42 Å². The summed E-state index contributed by atoms with van der Waals surface area (Å²) < 4.78 is 29.9. The van der Waals surface area contributed by atoms with Gasteiger partial charge in [-0.3, -0.25) is 4.57 Å². The van der Waals surface area contributed by atoms with E-state index in [4.69, 9.17) is 0 Å². The summed E-state index contributed by atoms with van der Waals surface area (Å²) in [5.74, 6) is 1.31. The summed E-state index contributed by atoms with van der Waals surface area (Å²) in [5.41, 5.74) is 1.94. The van der Waals surface area contributed by atoms with E-state index in [0.29, 0.717) is 18.2 Å². The van der Waals surface area contributed by atoms with Gasteiger partial charge in [0.15, 0.2) is 0 Å². The molecule has 0 bridgehead atoms. The Labute approximate surface area is 171 Å². The second-order valence-electron chi connectivity index (χ2n) is 5.83. The van der Waals surface area contributed by atoms with E-state index in [9.17, 15) is 8.42 Å². The molecule has 0 aliphatic heterocycles. The van der Waals surface area contributed by atoms with Crippen LogP contribution in [0.3, 0.4) is 0 Å². The van der Waals surface area contributed by atoms with Crippen molar-refractivity contribution in [2.45, 2.75) is 18.7 Å². The van der Waals surface area contributed by atoms with Crippen LogP contribution in [0, 0.1) is 17.4 Å². The molecule has 0 saturated heterocycles. The lowest BCUT2D eigenvalue weighted by molar-refractivity contribution is 0.583. The molecule has 2 N–H and O–H groups in total. The van der Waals surface area contributed by atoms with Gasteiger partial charge in [0.25, 0.3) is 0 Å². The van der Waals surface area contributed by atoms with Crippen LogP contribution < -0.4 is 10.0 Å². The van der Waals surface area contributed by atoms with E-state index in [1.807, 2.05) is 18.4 Å². The zero-order valence-corrected chi connectivity index (χ0v) is 17.8. The van der Waals surface area contributed by atoms with Crippen molar-refractivity contribution in [2.75, 3.05) is 18.4 Å². The SMILES string of the molecule is Cc1ncn(-c2cc(NCCNS(=O)(=O)c3ccc(I)cc3)ncn2)c1C. The molecule has 2 heterocycles. The number of anilines is 1. The summed E-state index contributed by atoms with van der Waals surface area (Å²) in [4.78, 5) is 12.9. The van der Waals surface area contributed by atoms with Gasteiger partial charge in [-0.1, -0.05) is 0 Å². The smallest absolute Gasteiger partial charge is 0.240 e. The van der Waals surface area contributed by atoms with Gasteiger partial charge in [-0.25, -0.2) is 28.1 Å². The number of nitrogens with one attached hydrogen (secondary N) is 2. The molecule has 2 aromatic heterocycles. The Kier molecular flexibility index (Phi) is 6.07. The fourth-order valence-corrected chi connectivity index (χ4v) is 3.77. The van der Waals surface area contributed by atoms with E-state index in [-0.39, 0.29) is 11.4 Å². The third-order valence-corrected chi connectivity index (χ3v) is 6.19. The van der Waals surface area contributed by atoms with Crippen molar-refractivity contribution in [1.29, 1.82) is 0 Å². The third-order valence-electron chi connectivity index (χ3n) is 4.00. The number of hydrogen-bond donors (Lipinski definition) is 2. The Bertz CT molecular complexity index is 1030. The number of sulfonamides is 1. The minimum atomic E-state index is -3.52. The highest BCUT2D eigenvalue weighted by atomic mass is 127. The van der Waals surface area contributed by atoms with Gasteiger partial charge in [0, 0.05) is 28.4 Å². The van der Waals surface area contributed by atoms with Crippen molar-refractivity contribution in [3.8, 4) is 5.82 Å². The number of aryl methyl sites for hydroxylation is 1. The van der Waals surface area contributed by atoms with Crippen LogP contribution >= 0.6 is 22.6 Å². The molecule has 8 nitrogen and oxygen atoms in total. The summed E-state index contributed by atoms with van der Waals surface area (Å²) >= 11 is 2.13. The van der Waals surface area contributed by atoms with Crippen LogP contribution in [0.2, 0.25) is 0 Å². The maximum Gasteiger partial charge on any atom is 0.240 e. The number of rotatable bonds is 7. The van der Waals surface area contributed by atoms with E-state index in [2.05, 4.69) is 47.6 Å². The lowest BCUT2D eigenvalue weighted by atomic mass is 10.4. The minimum Gasteiger partial charge on any atom is -0.369 e. The number of benzene rings is 1. The van der Waals surface area contributed by atoms with Gasteiger partial charge in [0.1, 0.15) is 24.3 Å². The quantitative estimate of drug-likeness (QED) is 0.383. The largest absolute Gasteiger partial charge is 0.369 e. The molecule has 0 unspecified atom stereocenters. The topological polar surface area (TPSA) is 102 Å². The van der Waals surface area contributed by atoms with Crippen LogP contribution in [0.5, 0.6) is 0 Å². The molecule has 3 rings (SSSR count). The number of hydrogen-bond acceptors (Lipinski definition) is 6. The van der Waals surface area contributed by atoms with Gasteiger partial charge in [-0.2, -0.15) is 0 Å². The first-order chi connectivity index (χ1) is 12.9. The fourth-order valence-electron chi connectivity index (χ4n) is 2.38. The second kappa shape index (κ2) is 8.31. The van der Waals surface area contributed by atoms with E-state index >= 15 is 0 Å². The predicted octanol–water partition coefficient (Wildman–Crippen LogP) is 2.27. The van der Waals surface area contributed by atoms with Crippen LogP contribution in [0.4, 0.5) is 5.82 Å². The van der Waals surface area contributed by atoms with Crippen molar-refractivity contribution in [3.05, 3.63) is 57.9 Å². The Hall–Kier alpha value is -2.05. The standard InChI is InChI=1S/C17H19IN6O2S/c1-12-13(2)24(11-22-12)17-9-16(20-10-21-17)19-7-8-23-27(25,26)15-5-3-14(18)4-6-15/h3-6,9-11,23H,7-8H2,1-2H3,(H,19,20,21). The van der Waals surface area contributed by atoms with Crippen LogP contribution in [0.15, 0.2) is 47.9 Å². The average molecular weight is 498 g/mol. The molecule has 0 atom stereocenters. The molecule has 0 fully saturated rings. The first kappa shape index (κ1) is 19.7. The molecule has 0 aliphatic carbocycles. The van der Waals surface area contributed by atoms with Crippen molar-refractivity contribution in [2.24, 2.45) is 0 Å². The Morgan fingerprint density at radius 1 is 1.07 bits per heavy atom. The maximum absolute atomic E-state index is 12.3. The Balaban J connectivity index is 1.59. The minimum absolute atomic E-state index is 0.233. The van der Waals surface area contributed by atoms with E-state index in [1.165, 1.54) is 6.33 Å². The maximum atomic E-state index is 12.3. The van der Waals surface area contributed by atoms with Crippen LogP contribution in [-0.4, -0.2) is 41.0 Å². The molecule has 142 valence electrons. The van der Waals surface area contributed by atoms with Gasteiger partial charge in [0.2, 0.25) is 10.0 Å². The van der Waals surface area contributed by atoms with Gasteiger partial charge in [-0.05, 0) is 60.7 Å². The normalized spacial score (nSPS) is 11.5. The molecular formula is C17H19IN6O2S. The van der Waals surface area contributed by atoms with E-state index in [1.54, 1.807) is 36.7 Å². The molecule has 3 aromatic rings. The molecule has 10 heteroatoms. The molecule has 0 radical (unpaired) electrons. The number of nitrogens with zero attached hydrogens (tertiary/aromatic N) is 4. The number of aromatic nitrogens is 4. The first-order valence-corrected chi connectivity index (χ1v) is 10.7. The van der Waals surface area contributed by atoms with Crippen LogP contribution in [0.1, 0.15) is 11.4 Å². The fraction of sp³-hybridized carbons (Fsp3) is 0.235. The molecule has 1 aromatic carbocycles. The summed E-state index contributed by atoms with van der Waals surface area (Å²) in [7, 11) is -3.52. The lowest BCUT2D eigenvalue weighted by Crippen LogP contribution is -2.29. The van der Waals surface area contributed by atoms with Gasteiger partial charge >= 0.3 is 0 Å². The van der Waals surface area contributed by atoms with Crippen molar-refractivity contribution >= 4 is 38.4 Å². The predicted molar refractivity (Wildman–Crippen MR) is 111 cm³/mol. The van der Waals surface area contributed by atoms with Gasteiger partial charge < -0.3 is 5.32 Å². The summed E-state index contributed by atoms with van der Waals surface area (Å²) in [5, 5.41) is 3.10. The highest BCUT2D eigenvalue weighted by molar-refractivity contribution is 14.1. The number of imidazole rings is 1. The molecule has 0 aliphatic rings. The molecule has 0 spiro atoms. The molecule has 0 amide bonds. The first-order valence-electron chi connectivity index (χ1n) is 8.19. The highest BCUT2D eigenvalue weighted by Crippen LogP contribution is 2.14. The van der Waals surface area contributed by atoms with Crippen LogP contribution in [-0.2, 0) is 10.0 Å². The lowest BCUT2D eigenvalue weighted by Gasteiger charge is -2.10. The average Bonchev–Trinajstić information content (AvgIpc) is 2.98. The van der Waals surface area contributed by atoms with E-state index < -0.39 is 10.0 Å².